The molecule has 2 saturated heterocycles. The Labute approximate surface area is 130 Å². The van der Waals surface area contributed by atoms with E-state index in [1.54, 1.807) is 32.7 Å². The molecule has 0 N–H and O–H groups in total. The van der Waals surface area contributed by atoms with Crippen LogP contribution in [-0.4, -0.2) is 61.4 Å². The van der Waals surface area contributed by atoms with Gasteiger partial charge in [-0.3, -0.25) is 9.78 Å². The second-order valence-electron chi connectivity index (χ2n) is 5.92. The van der Waals surface area contributed by atoms with Crippen LogP contribution < -0.4 is 4.74 Å². The Hall–Kier alpha value is -1.66. The molecule has 3 rings (SSSR count). The number of methoxy groups -OCH3 is 2. The molecular weight excluding hydrogens is 284 g/mol. The van der Waals surface area contributed by atoms with Crippen molar-refractivity contribution in [2.24, 2.45) is 0 Å². The third-order valence-corrected chi connectivity index (χ3v) is 4.71. The van der Waals surface area contributed by atoms with E-state index in [1.807, 2.05) is 4.90 Å². The van der Waals surface area contributed by atoms with Gasteiger partial charge in [0.25, 0.3) is 5.91 Å². The third kappa shape index (κ3) is 2.80. The van der Waals surface area contributed by atoms with Gasteiger partial charge in [-0.2, -0.15) is 0 Å². The maximum atomic E-state index is 12.7. The number of pyridine rings is 1. The predicted octanol–water partition coefficient (Wildman–Crippen LogP) is 1.50. The van der Waals surface area contributed by atoms with Crippen molar-refractivity contribution in [2.75, 3.05) is 33.9 Å². The third-order valence-electron chi connectivity index (χ3n) is 4.71. The van der Waals surface area contributed by atoms with Crippen LogP contribution in [0.25, 0.3) is 0 Å². The standard InChI is InChI=1S/C16H22N2O4/c1-20-12-9-16(22-11-12)4-7-18(8-5-16)15(19)13-3-6-17-10-14(13)21-2/h3,6,10,12H,4-5,7-9,11H2,1-2H3. The summed E-state index contributed by atoms with van der Waals surface area (Å²) in [6, 6.07) is 1.71. The molecule has 1 atom stereocenters. The molecule has 0 saturated carbocycles. The van der Waals surface area contributed by atoms with Crippen molar-refractivity contribution in [1.29, 1.82) is 0 Å². The molecule has 0 bridgehead atoms. The summed E-state index contributed by atoms with van der Waals surface area (Å²) in [4.78, 5) is 18.5. The quantitative estimate of drug-likeness (QED) is 0.847. The van der Waals surface area contributed by atoms with Gasteiger partial charge in [-0.1, -0.05) is 0 Å². The van der Waals surface area contributed by atoms with Crippen LogP contribution in [0.4, 0.5) is 0 Å². The van der Waals surface area contributed by atoms with E-state index >= 15 is 0 Å². The van der Waals surface area contributed by atoms with Crippen LogP contribution in [-0.2, 0) is 9.47 Å². The van der Waals surface area contributed by atoms with Gasteiger partial charge in [0, 0.05) is 32.8 Å². The first-order chi connectivity index (χ1) is 10.7. The number of ether oxygens (including phenoxy) is 3. The first-order valence-corrected chi connectivity index (χ1v) is 7.61. The summed E-state index contributed by atoms with van der Waals surface area (Å²) in [5.74, 6) is 0.514. The summed E-state index contributed by atoms with van der Waals surface area (Å²) < 4.78 is 16.6. The zero-order valence-corrected chi connectivity index (χ0v) is 13.1. The summed E-state index contributed by atoms with van der Waals surface area (Å²) in [6.07, 6.45) is 6.00. The maximum absolute atomic E-state index is 12.7. The Morgan fingerprint density at radius 2 is 2.18 bits per heavy atom. The highest BCUT2D eigenvalue weighted by Crippen LogP contribution is 2.37. The zero-order valence-electron chi connectivity index (χ0n) is 13.1. The van der Waals surface area contributed by atoms with Crippen LogP contribution in [0.15, 0.2) is 18.5 Å². The number of amides is 1. The van der Waals surface area contributed by atoms with Gasteiger partial charge in [-0.25, -0.2) is 0 Å². The number of hydrogen-bond donors (Lipinski definition) is 0. The van der Waals surface area contributed by atoms with Gasteiger partial charge in [0.1, 0.15) is 5.75 Å². The topological polar surface area (TPSA) is 60.9 Å². The van der Waals surface area contributed by atoms with E-state index in [0.29, 0.717) is 31.0 Å². The molecule has 1 aromatic heterocycles. The number of likely N-dealkylation sites (tertiary alicyclic amines) is 1. The molecule has 2 fully saturated rings. The lowest BCUT2D eigenvalue weighted by molar-refractivity contribution is -0.0402. The van der Waals surface area contributed by atoms with Gasteiger partial charge in [0.2, 0.25) is 0 Å². The molecule has 22 heavy (non-hydrogen) atoms. The Balaban J connectivity index is 1.65. The number of carbonyl (C=O) groups is 1. The van der Waals surface area contributed by atoms with Gasteiger partial charge in [0.05, 0.1) is 37.2 Å². The summed E-state index contributed by atoms with van der Waals surface area (Å²) in [5.41, 5.74) is 0.454. The van der Waals surface area contributed by atoms with E-state index in [1.165, 1.54) is 0 Å². The number of hydrogen-bond acceptors (Lipinski definition) is 5. The lowest BCUT2D eigenvalue weighted by atomic mass is 9.87. The van der Waals surface area contributed by atoms with Crippen molar-refractivity contribution in [3.05, 3.63) is 24.0 Å². The second-order valence-corrected chi connectivity index (χ2v) is 5.92. The van der Waals surface area contributed by atoms with Crippen molar-refractivity contribution >= 4 is 5.91 Å². The summed E-state index contributed by atoms with van der Waals surface area (Å²) in [6.45, 7) is 2.05. The molecule has 1 aromatic rings. The first kappa shape index (κ1) is 15.2. The molecule has 120 valence electrons. The number of rotatable bonds is 3. The summed E-state index contributed by atoms with van der Waals surface area (Å²) in [5, 5.41) is 0. The minimum atomic E-state index is -0.111. The van der Waals surface area contributed by atoms with Crippen molar-refractivity contribution in [3.8, 4) is 5.75 Å². The average molecular weight is 306 g/mol. The molecule has 6 nitrogen and oxygen atoms in total. The van der Waals surface area contributed by atoms with Crippen molar-refractivity contribution in [2.45, 2.75) is 31.0 Å². The number of piperidine rings is 1. The van der Waals surface area contributed by atoms with Gasteiger partial charge in [0.15, 0.2) is 0 Å². The second kappa shape index (κ2) is 6.22. The van der Waals surface area contributed by atoms with Crippen LogP contribution >= 0.6 is 0 Å². The summed E-state index contributed by atoms with van der Waals surface area (Å²) >= 11 is 0. The fraction of sp³-hybridized carbons (Fsp3) is 0.625. The van der Waals surface area contributed by atoms with Crippen molar-refractivity contribution in [1.82, 2.24) is 9.88 Å². The Morgan fingerprint density at radius 3 is 2.82 bits per heavy atom. The molecular formula is C16H22N2O4. The highest BCUT2D eigenvalue weighted by Gasteiger charge is 2.43. The van der Waals surface area contributed by atoms with Crippen LogP contribution in [0, 0.1) is 0 Å². The van der Waals surface area contributed by atoms with Crippen LogP contribution in [0.3, 0.4) is 0 Å². The molecule has 2 aliphatic heterocycles. The normalized spacial score (nSPS) is 23.7. The fourth-order valence-electron chi connectivity index (χ4n) is 3.31. The smallest absolute Gasteiger partial charge is 0.257 e. The van der Waals surface area contributed by atoms with Gasteiger partial charge in [-0.05, 0) is 18.9 Å². The number of aromatic nitrogens is 1. The van der Waals surface area contributed by atoms with E-state index < -0.39 is 0 Å². The molecule has 1 amide bonds. The molecule has 0 aliphatic carbocycles. The van der Waals surface area contributed by atoms with E-state index in [4.69, 9.17) is 14.2 Å². The minimum absolute atomic E-state index is 0.00427. The molecule has 6 heteroatoms. The largest absolute Gasteiger partial charge is 0.494 e. The molecule has 2 aliphatic rings. The highest BCUT2D eigenvalue weighted by atomic mass is 16.6. The van der Waals surface area contributed by atoms with E-state index in [0.717, 1.165) is 19.3 Å². The lowest BCUT2D eigenvalue weighted by Gasteiger charge is -2.38. The van der Waals surface area contributed by atoms with Gasteiger partial charge < -0.3 is 19.1 Å². The number of nitrogens with zero attached hydrogens (tertiary/aromatic N) is 2. The monoisotopic (exact) mass is 306 g/mol. The maximum Gasteiger partial charge on any atom is 0.257 e. The van der Waals surface area contributed by atoms with Gasteiger partial charge >= 0.3 is 0 Å². The average Bonchev–Trinajstić information content (AvgIpc) is 2.98. The van der Waals surface area contributed by atoms with Crippen LogP contribution in [0.5, 0.6) is 5.75 Å². The van der Waals surface area contributed by atoms with Crippen molar-refractivity contribution < 1.29 is 19.0 Å². The van der Waals surface area contributed by atoms with Crippen molar-refractivity contribution in [3.63, 3.8) is 0 Å². The minimum Gasteiger partial charge on any atom is -0.494 e. The van der Waals surface area contributed by atoms with Gasteiger partial charge in [-0.15, -0.1) is 0 Å². The summed E-state index contributed by atoms with van der Waals surface area (Å²) in [7, 11) is 3.28. The zero-order chi connectivity index (χ0) is 15.6. The van der Waals surface area contributed by atoms with Crippen LogP contribution in [0.1, 0.15) is 29.6 Å². The molecule has 0 aromatic carbocycles. The van der Waals surface area contributed by atoms with E-state index in [-0.39, 0.29) is 17.6 Å². The first-order valence-electron chi connectivity index (χ1n) is 7.61. The molecule has 0 radical (unpaired) electrons. The fourth-order valence-corrected chi connectivity index (χ4v) is 3.31. The SMILES string of the molecule is COc1cnccc1C(=O)N1CCC2(CC1)CC(OC)CO2. The Morgan fingerprint density at radius 1 is 1.41 bits per heavy atom. The molecule has 1 unspecified atom stereocenters. The Kier molecular flexibility index (Phi) is 4.31. The predicted molar refractivity (Wildman–Crippen MR) is 80.0 cm³/mol. The molecule has 1 spiro atoms. The molecule has 3 heterocycles. The lowest BCUT2D eigenvalue weighted by Crippen LogP contribution is -2.46. The van der Waals surface area contributed by atoms with Crippen LogP contribution in [0.2, 0.25) is 0 Å². The Bertz CT molecular complexity index is 541. The van der Waals surface area contributed by atoms with E-state index in [2.05, 4.69) is 4.98 Å². The van der Waals surface area contributed by atoms with E-state index in [9.17, 15) is 4.79 Å². The highest BCUT2D eigenvalue weighted by molar-refractivity contribution is 5.96. The number of carbonyl (C=O) groups excluding carboxylic acids is 1.